The molecule has 5 rings (SSSR count). The highest BCUT2D eigenvalue weighted by molar-refractivity contribution is 6.74. The van der Waals surface area contributed by atoms with E-state index in [1.807, 2.05) is 6.20 Å². The lowest BCUT2D eigenvalue weighted by molar-refractivity contribution is -0.0366. The lowest BCUT2D eigenvalue weighted by Crippen LogP contribution is -2.41. The second-order valence-corrected chi connectivity index (χ2v) is 18.7. The normalized spacial score (nSPS) is 25.7. The molecule has 1 aliphatic carbocycles. The fraction of sp³-hybridized carbons (Fsp3) is 0.759. The highest BCUT2D eigenvalue weighted by Gasteiger charge is 2.53. The summed E-state index contributed by atoms with van der Waals surface area (Å²) in [6.45, 7) is 21.8. The third-order valence-corrected chi connectivity index (χ3v) is 14.4. The van der Waals surface area contributed by atoms with Crippen molar-refractivity contribution in [2.45, 2.75) is 128 Å². The lowest BCUT2D eigenvalue weighted by atomic mass is 9.71. The Bertz CT molecular complexity index is 1130. The lowest BCUT2D eigenvalue weighted by Gasteiger charge is -2.36. The van der Waals surface area contributed by atoms with Gasteiger partial charge in [-0.25, -0.2) is 4.68 Å². The Kier molecular flexibility index (Phi) is 7.01. The Morgan fingerprint density at radius 1 is 1.11 bits per heavy atom. The molecule has 0 radical (unpaired) electrons. The third-order valence-electron chi connectivity index (χ3n) is 9.89. The molecule has 0 bridgehead atoms. The first-order chi connectivity index (χ1) is 17.2. The van der Waals surface area contributed by atoms with Gasteiger partial charge < -0.3 is 18.5 Å². The summed E-state index contributed by atoms with van der Waals surface area (Å²) in [5.41, 5.74) is 4.36. The number of hydrogen-bond acceptors (Lipinski definition) is 5. The van der Waals surface area contributed by atoms with Crippen molar-refractivity contribution in [1.82, 2.24) is 9.78 Å². The molecule has 2 aromatic rings. The Morgan fingerprint density at radius 2 is 1.81 bits per heavy atom. The summed E-state index contributed by atoms with van der Waals surface area (Å²) in [6.07, 6.45) is 8.58. The van der Waals surface area contributed by atoms with Crippen LogP contribution in [-0.2, 0) is 24.9 Å². The summed E-state index contributed by atoms with van der Waals surface area (Å²) in [7, 11) is -2.19. The fourth-order valence-electron chi connectivity index (χ4n) is 5.77. The van der Waals surface area contributed by atoms with Crippen molar-refractivity contribution in [3.05, 3.63) is 23.4 Å². The SMILES string of the molecule is CC1(C)OB(c2c3c(cc4c2cnn4C2CCCCO2)CCC3CCO[Si](C)(C)C(C)(C)C)OC1(C)C. The molecular weight excluding hydrogens is 479 g/mol. The van der Waals surface area contributed by atoms with Crippen molar-refractivity contribution in [2.75, 3.05) is 13.2 Å². The number of rotatable bonds is 6. The zero-order chi connectivity index (χ0) is 26.8. The molecule has 1 aromatic carbocycles. The molecule has 1 aromatic heterocycles. The molecule has 37 heavy (non-hydrogen) atoms. The quantitative estimate of drug-likeness (QED) is 0.404. The minimum atomic E-state index is -1.78. The van der Waals surface area contributed by atoms with Gasteiger partial charge in [0.05, 0.1) is 22.9 Å². The fourth-order valence-corrected chi connectivity index (χ4v) is 6.83. The molecule has 0 saturated carbocycles. The largest absolute Gasteiger partial charge is 0.495 e. The first kappa shape index (κ1) is 27.4. The van der Waals surface area contributed by atoms with Crippen LogP contribution in [0, 0.1) is 0 Å². The van der Waals surface area contributed by atoms with Crippen LogP contribution >= 0.6 is 0 Å². The molecule has 2 unspecified atom stereocenters. The molecule has 6 nitrogen and oxygen atoms in total. The van der Waals surface area contributed by atoms with E-state index < -0.39 is 26.6 Å². The second kappa shape index (κ2) is 9.47. The molecule has 2 saturated heterocycles. The number of fused-ring (bicyclic) bond motifs is 2. The first-order valence-electron chi connectivity index (χ1n) is 14.4. The minimum absolute atomic E-state index is 0.00522. The number of hydrogen-bond donors (Lipinski definition) is 0. The van der Waals surface area contributed by atoms with Crippen LogP contribution in [0.5, 0.6) is 0 Å². The molecule has 3 aliphatic rings. The van der Waals surface area contributed by atoms with Crippen LogP contribution in [0.3, 0.4) is 0 Å². The summed E-state index contributed by atoms with van der Waals surface area (Å²) in [4.78, 5) is 0. The summed E-state index contributed by atoms with van der Waals surface area (Å²) in [5, 5.41) is 6.23. The van der Waals surface area contributed by atoms with Crippen molar-refractivity contribution in [1.29, 1.82) is 0 Å². The van der Waals surface area contributed by atoms with E-state index in [0.29, 0.717) is 5.92 Å². The van der Waals surface area contributed by atoms with Crippen LogP contribution in [0.15, 0.2) is 12.3 Å². The minimum Gasteiger partial charge on any atom is -0.417 e. The van der Waals surface area contributed by atoms with Crippen molar-refractivity contribution in [3.63, 3.8) is 0 Å². The van der Waals surface area contributed by atoms with Crippen LogP contribution in [0.25, 0.3) is 10.9 Å². The summed E-state index contributed by atoms with van der Waals surface area (Å²) in [5.74, 6) is 0.437. The average molecular weight is 527 g/mol. The Labute approximate surface area is 225 Å². The smallest absolute Gasteiger partial charge is 0.417 e. The van der Waals surface area contributed by atoms with Gasteiger partial charge in [-0.3, -0.25) is 0 Å². The number of benzene rings is 1. The maximum Gasteiger partial charge on any atom is 0.495 e. The molecule has 3 heterocycles. The van der Waals surface area contributed by atoms with Gasteiger partial charge in [-0.2, -0.15) is 5.10 Å². The van der Waals surface area contributed by atoms with Crippen LogP contribution in [0.4, 0.5) is 0 Å². The molecule has 2 fully saturated rings. The Morgan fingerprint density at radius 3 is 2.43 bits per heavy atom. The average Bonchev–Trinajstić information content (AvgIpc) is 3.46. The molecule has 0 N–H and O–H groups in total. The number of aromatic nitrogens is 2. The van der Waals surface area contributed by atoms with Gasteiger partial charge in [0.15, 0.2) is 14.5 Å². The Balaban J connectivity index is 1.53. The zero-order valence-corrected chi connectivity index (χ0v) is 25.6. The van der Waals surface area contributed by atoms with Gasteiger partial charge in [0.2, 0.25) is 0 Å². The Hall–Kier alpha value is -1.19. The number of ether oxygens (including phenoxy) is 1. The molecular formula is C29H47BN2O4Si. The first-order valence-corrected chi connectivity index (χ1v) is 17.3. The van der Waals surface area contributed by atoms with Crippen molar-refractivity contribution in [2.24, 2.45) is 0 Å². The van der Waals surface area contributed by atoms with Gasteiger partial charge in [0.1, 0.15) is 0 Å². The van der Waals surface area contributed by atoms with E-state index in [9.17, 15) is 0 Å². The molecule has 8 heteroatoms. The molecule has 2 atom stereocenters. The predicted octanol–water partition coefficient (Wildman–Crippen LogP) is 6.48. The zero-order valence-electron chi connectivity index (χ0n) is 24.6. The van der Waals surface area contributed by atoms with E-state index in [2.05, 4.69) is 72.3 Å². The molecule has 0 spiro atoms. The maximum atomic E-state index is 6.68. The summed E-state index contributed by atoms with van der Waals surface area (Å²) < 4.78 is 28.2. The van der Waals surface area contributed by atoms with E-state index >= 15 is 0 Å². The molecule has 2 aliphatic heterocycles. The van der Waals surface area contributed by atoms with Crippen LogP contribution in [0.2, 0.25) is 18.1 Å². The van der Waals surface area contributed by atoms with E-state index in [1.54, 1.807) is 0 Å². The molecule has 0 amide bonds. The van der Waals surface area contributed by atoms with Crippen molar-refractivity contribution in [3.8, 4) is 0 Å². The van der Waals surface area contributed by atoms with Crippen molar-refractivity contribution >= 4 is 31.8 Å². The number of aryl methyl sites for hydroxylation is 1. The van der Waals surface area contributed by atoms with E-state index in [1.165, 1.54) is 23.0 Å². The van der Waals surface area contributed by atoms with E-state index in [4.69, 9.17) is 23.6 Å². The monoisotopic (exact) mass is 526 g/mol. The highest BCUT2D eigenvalue weighted by Crippen LogP contribution is 2.43. The standard InChI is InChI=1S/C29H47BN2O4Si/c1-27(2,3)37(8,9)34-17-15-20-13-14-21-18-23-22(19-31-32(23)24-12-10-11-16-33-24)26(25(20)21)30-35-28(4,5)29(6,7)36-30/h18-20,24H,10-17H2,1-9H3. The van der Waals surface area contributed by atoms with Gasteiger partial charge in [-0.05, 0) is 113 Å². The second-order valence-electron chi connectivity index (χ2n) is 13.9. The van der Waals surface area contributed by atoms with Gasteiger partial charge in [0.25, 0.3) is 0 Å². The number of nitrogens with zero attached hydrogens (tertiary/aromatic N) is 2. The van der Waals surface area contributed by atoms with Crippen LogP contribution < -0.4 is 5.46 Å². The van der Waals surface area contributed by atoms with Gasteiger partial charge in [-0.15, -0.1) is 0 Å². The van der Waals surface area contributed by atoms with Gasteiger partial charge in [0, 0.05) is 18.6 Å². The summed E-state index contributed by atoms with van der Waals surface area (Å²) >= 11 is 0. The highest BCUT2D eigenvalue weighted by atomic mass is 28.4. The molecule has 204 valence electrons. The van der Waals surface area contributed by atoms with Gasteiger partial charge >= 0.3 is 7.12 Å². The van der Waals surface area contributed by atoms with Crippen LogP contribution in [0.1, 0.15) is 104 Å². The van der Waals surface area contributed by atoms with E-state index in [-0.39, 0.29) is 11.3 Å². The van der Waals surface area contributed by atoms with Gasteiger partial charge in [-0.1, -0.05) is 20.8 Å². The third kappa shape index (κ3) is 4.86. The predicted molar refractivity (Wildman–Crippen MR) is 153 cm³/mol. The topological polar surface area (TPSA) is 54.7 Å². The summed E-state index contributed by atoms with van der Waals surface area (Å²) in [6, 6.07) is 2.37. The van der Waals surface area contributed by atoms with Crippen LogP contribution in [-0.4, -0.2) is 49.6 Å². The maximum absolute atomic E-state index is 6.68. The van der Waals surface area contributed by atoms with Crippen molar-refractivity contribution < 1.29 is 18.5 Å². The van der Waals surface area contributed by atoms with E-state index in [0.717, 1.165) is 56.2 Å².